The molecule has 1 saturated heterocycles. The molecule has 1 fully saturated rings. The summed E-state index contributed by atoms with van der Waals surface area (Å²) < 4.78 is 1.33. The molecule has 2 amide bonds. The Balaban J connectivity index is 1.48. The third kappa shape index (κ3) is 3.73. The average Bonchev–Trinajstić information content (AvgIpc) is 3.06. The lowest BCUT2D eigenvalue weighted by atomic mass is 10.2. The van der Waals surface area contributed by atoms with Crippen LogP contribution in [-0.2, 0) is 16.1 Å². The maximum atomic E-state index is 12.7. The molecule has 0 bridgehead atoms. The summed E-state index contributed by atoms with van der Waals surface area (Å²) in [5.41, 5.74) is 1.06. The topological polar surface area (TPSA) is 84.3 Å². The van der Waals surface area contributed by atoms with E-state index in [-0.39, 0.29) is 18.0 Å². The number of anilines is 1. The summed E-state index contributed by atoms with van der Waals surface area (Å²) in [4.78, 5) is 44.0. The number of hydrogen-bond donors (Lipinski definition) is 1. The Morgan fingerprint density at radius 1 is 1.17 bits per heavy atom. The highest BCUT2D eigenvalue weighted by Crippen LogP contribution is 2.23. The molecule has 1 aliphatic rings. The van der Waals surface area contributed by atoms with Gasteiger partial charge in [0.05, 0.1) is 10.9 Å². The van der Waals surface area contributed by atoms with E-state index in [0.717, 1.165) is 5.69 Å². The molecule has 8 heteroatoms. The first-order chi connectivity index (χ1) is 13.9. The van der Waals surface area contributed by atoms with Crippen molar-refractivity contribution in [3.63, 3.8) is 0 Å². The summed E-state index contributed by atoms with van der Waals surface area (Å²) in [6.45, 7) is 2.00. The van der Waals surface area contributed by atoms with Gasteiger partial charge in [-0.25, -0.2) is 4.98 Å². The van der Waals surface area contributed by atoms with E-state index >= 15 is 0 Å². The lowest BCUT2D eigenvalue weighted by Crippen LogP contribution is -2.44. The third-order valence-corrected chi connectivity index (χ3v) is 5.29. The largest absolute Gasteiger partial charge is 0.343 e. The van der Waals surface area contributed by atoms with Crippen LogP contribution in [-0.4, -0.2) is 34.0 Å². The van der Waals surface area contributed by atoms with Crippen molar-refractivity contribution in [2.45, 2.75) is 25.9 Å². The predicted octanol–water partition coefficient (Wildman–Crippen LogP) is 2.28. The first-order valence-electron chi connectivity index (χ1n) is 9.26. The molecule has 29 heavy (non-hydrogen) atoms. The number of carbonyl (C=O) groups excluding carboxylic acids is 2. The maximum absolute atomic E-state index is 12.7. The van der Waals surface area contributed by atoms with E-state index in [1.165, 1.54) is 4.57 Å². The van der Waals surface area contributed by atoms with Gasteiger partial charge in [-0.1, -0.05) is 23.7 Å². The number of benzene rings is 2. The third-order valence-electron chi connectivity index (χ3n) is 5.03. The molecule has 2 heterocycles. The van der Waals surface area contributed by atoms with Crippen LogP contribution in [0.2, 0.25) is 5.02 Å². The second-order valence-corrected chi connectivity index (χ2v) is 7.38. The highest BCUT2D eigenvalue weighted by molar-refractivity contribution is 6.30. The van der Waals surface area contributed by atoms with Gasteiger partial charge in [-0.05, 0) is 49.7 Å². The average molecular weight is 411 g/mol. The molecule has 0 radical (unpaired) electrons. The standard InChI is InChI=1S/C21H19ClN4O3/c1-13-23-17-5-3-2-4-16(17)20(28)26(13)12-19(27)24-18-10-11-25(21(18)29)15-8-6-14(22)7-9-15/h2-9,18H,10-12H2,1H3,(H,24,27). The molecule has 148 valence electrons. The van der Waals surface area contributed by atoms with E-state index in [2.05, 4.69) is 10.3 Å². The lowest BCUT2D eigenvalue weighted by Gasteiger charge is -2.18. The van der Waals surface area contributed by atoms with Gasteiger partial charge in [-0.2, -0.15) is 0 Å². The van der Waals surface area contributed by atoms with E-state index in [0.29, 0.717) is 34.7 Å². The molecule has 7 nitrogen and oxygen atoms in total. The fourth-order valence-electron chi connectivity index (χ4n) is 3.54. The van der Waals surface area contributed by atoms with Gasteiger partial charge in [0.15, 0.2) is 0 Å². The van der Waals surface area contributed by atoms with Crippen LogP contribution in [0.4, 0.5) is 5.69 Å². The Morgan fingerprint density at radius 3 is 2.66 bits per heavy atom. The molecule has 1 aromatic heterocycles. The van der Waals surface area contributed by atoms with Crippen LogP contribution in [0.15, 0.2) is 53.3 Å². The number of nitrogens with one attached hydrogen (secondary N) is 1. The van der Waals surface area contributed by atoms with Gasteiger partial charge in [0, 0.05) is 17.3 Å². The van der Waals surface area contributed by atoms with E-state index < -0.39 is 11.9 Å². The van der Waals surface area contributed by atoms with Crippen molar-refractivity contribution in [2.24, 2.45) is 0 Å². The fourth-order valence-corrected chi connectivity index (χ4v) is 3.67. The van der Waals surface area contributed by atoms with Crippen LogP contribution >= 0.6 is 11.6 Å². The maximum Gasteiger partial charge on any atom is 0.261 e. The Bertz CT molecular complexity index is 1160. The smallest absolute Gasteiger partial charge is 0.261 e. The molecule has 0 spiro atoms. The Labute approximate surface area is 171 Å². The van der Waals surface area contributed by atoms with Gasteiger partial charge in [0.2, 0.25) is 11.8 Å². The first kappa shape index (κ1) is 19.1. The molecule has 1 unspecified atom stereocenters. The van der Waals surface area contributed by atoms with Crippen molar-refractivity contribution < 1.29 is 9.59 Å². The Morgan fingerprint density at radius 2 is 1.90 bits per heavy atom. The minimum Gasteiger partial charge on any atom is -0.343 e. The number of aryl methyl sites for hydroxylation is 1. The summed E-state index contributed by atoms with van der Waals surface area (Å²) in [7, 11) is 0. The predicted molar refractivity (Wildman–Crippen MR) is 111 cm³/mol. The number of fused-ring (bicyclic) bond motifs is 1. The zero-order valence-corrected chi connectivity index (χ0v) is 16.5. The van der Waals surface area contributed by atoms with Gasteiger partial charge in [0.25, 0.3) is 5.56 Å². The molecule has 1 N–H and O–H groups in total. The first-order valence-corrected chi connectivity index (χ1v) is 9.64. The second kappa shape index (κ2) is 7.67. The summed E-state index contributed by atoms with van der Waals surface area (Å²) in [6, 6.07) is 13.4. The van der Waals surface area contributed by atoms with Gasteiger partial charge < -0.3 is 10.2 Å². The molecule has 3 aromatic rings. The van der Waals surface area contributed by atoms with Crippen molar-refractivity contribution in [3.8, 4) is 0 Å². The summed E-state index contributed by atoms with van der Waals surface area (Å²) in [5, 5.41) is 3.80. The number of nitrogens with zero attached hydrogens (tertiary/aromatic N) is 3. The molecule has 1 atom stereocenters. The van der Waals surface area contributed by atoms with Crippen LogP contribution < -0.4 is 15.8 Å². The minimum atomic E-state index is -0.623. The number of para-hydroxylation sites is 1. The SMILES string of the molecule is Cc1nc2ccccc2c(=O)n1CC(=O)NC1CCN(c2ccc(Cl)cc2)C1=O. The van der Waals surface area contributed by atoms with Crippen LogP contribution in [0.5, 0.6) is 0 Å². The minimum absolute atomic E-state index is 0.179. The van der Waals surface area contributed by atoms with Crippen molar-refractivity contribution in [1.82, 2.24) is 14.9 Å². The highest BCUT2D eigenvalue weighted by atomic mass is 35.5. The number of amides is 2. The van der Waals surface area contributed by atoms with E-state index in [4.69, 9.17) is 11.6 Å². The number of aromatic nitrogens is 2. The van der Waals surface area contributed by atoms with Crippen molar-refractivity contribution in [3.05, 3.63) is 69.7 Å². The number of carbonyl (C=O) groups is 2. The fraction of sp³-hybridized carbons (Fsp3) is 0.238. The molecule has 2 aromatic carbocycles. The van der Waals surface area contributed by atoms with Gasteiger partial charge in [-0.15, -0.1) is 0 Å². The molecule has 4 rings (SSSR count). The van der Waals surface area contributed by atoms with Crippen LogP contribution in [0.3, 0.4) is 0 Å². The second-order valence-electron chi connectivity index (χ2n) is 6.94. The quantitative estimate of drug-likeness (QED) is 0.715. The zero-order chi connectivity index (χ0) is 20.5. The molecular formula is C21H19ClN4O3. The van der Waals surface area contributed by atoms with Gasteiger partial charge in [-0.3, -0.25) is 19.0 Å². The summed E-state index contributed by atoms with van der Waals surface area (Å²) in [5.74, 6) is -0.130. The number of halogens is 1. The van der Waals surface area contributed by atoms with Gasteiger partial charge in [0.1, 0.15) is 18.4 Å². The number of rotatable bonds is 4. The lowest BCUT2D eigenvalue weighted by molar-refractivity contribution is -0.126. The summed E-state index contributed by atoms with van der Waals surface area (Å²) in [6.07, 6.45) is 0.497. The van der Waals surface area contributed by atoms with Crippen molar-refractivity contribution in [1.29, 1.82) is 0 Å². The van der Waals surface area contributed by atoms with Crippen LogP contribution in [0.1, 0.15) is 12.2 Å². The highest BCUT2D eigenvalue weighted by Gasteiger charge is 2.33. The van der Waals surface area contributed by atoms with Gasteiger partial charge >= 0.3 is 0 Å². The Hall–Kier alpha value is -3.19. The molecule has 1 aliphatic heterocycles. The van der Waals surface area contributed by atoms with E-state index in [9.17, 15) is 14.4 Å². The monoisotopic (exact) mass is 410 g/mol. The summed E-state index contributed by atoms with van der Waals surface area (Å²) >= 11 is 5.90. The van der Waals surface area contributed by atoms with Crippen molar-refractivity contribution >= 4 is 40.0 Å². The number of hydrogen-bond acceptors (Lipinski definition) is 4. The van der Waals surface area contributed by atoms with Crippen molar-refractivity contribution in [2.75, 3.05) is 11.4 Å². The van der Waals surface area contributed by atoms with Crippen LogP contribution in [0.25, 0.3) is 10.9 Å². The Kier molecular flexibility index (Phi) is 5.07. The molecular weight excluding hydrogens is 392 g/mol. The van der Waals surface area contributed by atoms with Crippen LogP contribution in [0, 0.1) is 6.92 Å². The normalized spacial score (nSPS) is 16.4. The zero-order valence-electron chi connectivity index (χ0n) is 15.8. The molecule has 0 aliphatic carbocycles. The van der Waals surface area contributed by atoms with E-state index in [1.54, 1.807) is 54.3 Å². The molecule has 0 saturated carbocycles. The van der Waals surface area contributed by atoms with E-state index in [1.807, 2.05) is 6.07 Å².